The molecule has 0 amide bonds. The van der Waals surface area contributed by atoms with Gasteiger partial charge in [0.2, 0.25) is 10.0 Å². The number of halogens is 1. The number of anilines is 1. The number of benzene rings is 2. The van der Waals surface area contributed by atoms with Crippen LogP contribution >= 0.6 is 22.9 Å². The SMILES string of the molecule is CCOC(=O)c1c(S(=O)(=O)NCCOC(=O)c2cccc(NS(C)(=O)=O)c2)sc(-c2ccccc2)c1Cl. The normalized spacial score (nSPS) is 11.6. The maximum Gasteiger partial charge on any atom is 0.341 e. The van der Waals surface area contributed by atoms with Crippen LogP contribution in [0.2, 0.25) is 5.02 Å². The average molecular weight is 587 g/mol. The molecule has 0 aliphatic carbocycles. The first kappa shape index (κ1) is 28.6. The fraction of sp³-hybridized carbons (Fsp3) is 0.217. The van der Waals surface area contributed by atoms with Gasteiger partial charge in [-0.1, -0.05) is 48.0 Å². The molecule has 0 unspecified atom stereocenters. The Labute approximate surface area is 223 Å². The molecule has 14 heteroatoms. The van der Waals surface area contributed by atoms with Crippen molar-refractivity contribution >= 4 is 60.6 Å². The van der Waals surface area contributed by atoms with E-state index in [9.17, 15) is 26.4 Å². The third-order valence-electron chi connectivity index (χ3n) is 4.61. The molecule has 0 radical (unpaired) electrons. The van der Waals surface area contributed by atoms with E-state index >= 15 is 0 Å². The lowest BCUT2D eigenvalue weighted by molar-refractivity contribution is 0.0509. The van der Waals surface area contributed by atoms with Gasteiger partial charge in [-0.25, -0.2) is 31.1 Å². The molecular weight excluding hydrogens is 564 g/mol. The number of carbonyl (C=O) groups excluding carboxylic acids is 2. The largest absolute Gasteiger partial charge is 0.462 e. The first-order valence-electron chi connectivity index (χ1n) is 10.7. The second kappa shape index (κ2) is 12.0. The molecule has 198 valence electrons. The molecule has 1 aromatic heterocycles. The molecule has 10 nitrogen and oxygen atoms in total. The van der Waals surface area contributed by atoms with E-state index in [1.54, 1.807) is 37.3 Å². The zero-order chi connectivity index (χ0) is 27.2. The number of carbonyl (C=O) groups is 2. The van der Waals surface area contributed by atoms with Crippen LogP contribution < -0.4 is 9.44 Å². The van der Waals surface area contributed by atoms with Crippen molar-refractivity contribution < 1.29 is 35.9 Å². The highest BCUT2D eigenvalue weighted by Crippen LogP contribution is 2.42. The van der Waals surface area contributed by atoms with Gasteiger partial charge >= 0.3 is 11.9 Å². The molecule has 3 aromatic rings. The molecule has 0 saturated carbocycles. The lowest BCUT2D eigenvalue weighted by atomic mass is 10.1. The molecule has 0 saturated heterocycles. The molecule has 37 heavy (non-hydrogen) atoms. The third-order valence-corrected chi connectivity index (χ3v) is 8.92. The van der Waals surface area contributed by atoms with Crippen LogP contribution in [0.25, 0.3) is 10.4 Å². The topological polar surface area (TPSA) is 145 Å². The highest BCUT2D eigenvalue weighted by molar-refractivity contribution is 7.92. The quantitative estimate of drug-likeness (QED) is 0.255. The van der Waals surface area contributed by atoms with E-state index in [0.717, 1.165) is 17.6 Å². The van der Waals surface area contributed by atoms with Crippen LogP contribution in [-0.2, 0) is 29.5 Å². The summed E-state index contributed by atoms with van der Waals surface area (Å²) in [5, 5.41) is -0.0379. The third kappa shape index (κ3) is 7.52. The maximum atomic E-state index is 13.1. The maximum absolute atomic E-state index is 13.1. The monoisotopic (exact) mass is 586 g/mol. The Hall–Kier alpha value is -2.97. The van der Waals surface area contributed by atoms with Crippen molar-refractivity contribution in [3.63, 3.8) is 0 Å². The van der Waals surface area contributed by atoms with E-state index in [1.165, 1.54) is 24.3 Å². The van der Waals surface area contributed by atoms with E-state index in [1.807, 2.05) is 0 Å². The summed E-state index contributed by atoms with van der Waals surface area (Å²) >= 11 is 7.25. The number of hydrogen-bond acceptors (Lipinski definition) is 9. The van der Waals surface area contributed by atoms with Crippen molar-refractivity contribution in [2.45, 2.75) is 11.1 Å². The summed E-state index contributed by atoms with van der Waals surface area (Å²) in [5.74, 6) is -1.66. The molecule has 0 atom stereocenters. The summed E-state index contributed by atoms with van der Waals surface area (Å²) in [6, 6.07) is 14.4. The van der Waals surface area contributed by atoms with E-state index < -0.39 is 32.0 Å². The van der Waals surface area contributed by atoms with Gasteiger partial charge in [-0.05, 0) is 30.7 Å². The van der Waals surface area contributed by atoms with Gasteiger partial charge in [-0.2, -0.15) is 0 Å². The Morgan fingerprint density at radius 2 is 1.68 bits per heavy atom. The first-order valence-corrected chi connectivity index (χ1v) is 15.3. The highest BCUT2D eigenvalue weighted by Gasteiger charge is 2.32. The Balaban J connectivity index is 1.73. The molecule has 3 rings (SSSR count). The van der Waals surface area contributed by atoms with Gasteiger partial charge in [0.1, 0.15) is 12.2 Å². The molecule has 2 N–H and O–H groups in total. The van der Waals surface area contributed by atoms with Gasteiger partial charge < -0.3 is 9.47 Å². The predicted octanol–water partition coefficient (Wildman–Crippen LogP) is 3.75. The molecule has 0 spiro atoms. The molecule has 0 aliphatic heterocycles. The summed E-state index contributed by atoms with van der Waals surface area (Å²) in [7, 11) is -7.77. The number of nitrogens with one attached hydrogen (secondary N) is 2. The molecule has 0 aliphatic rings. The van der Waals surface area contributed by atoms with Gasteiger partial charge in [0, 0.05) is 12.2 Å². The molecule has 0 bridgehead atoms. The Morgan fingerprint density at radius 3 is 2.32 bits per heavy atom. The van der Waals surface area contributed by atoms with Crippen molar-refractivity contribution in [3.8, 4) is 10.4 Å². The van der Waals surface area contributed by atoms with Crippen LogP contribution in [0.4, 0.5) is 5.69 Å². The minimum atomic E-state index is -4.24. The lowest BCUT2D eigenvalue weighted by Crippen LogP contribution is -2.29. The van der Waals surface area contributed by atoms with Gasteiger partial charge in [0.15, 0.2) is 4.21 Å². The number of hydrogen-bond donors (Lipinski definition) is 2. The van der Waals surface area contributed by atoms with Gasteiger partial charge in [0.25, 0.3) is 10.0 Å². The highest BCUT2D eigenvalue weighted by atomic mass is 35.5. The number of esters is 2. The van der Waals surface area contributed by atoms with Gasteiger partial charge in [-0.15, -0.1) is 11.3 Å². The van der Waals surface area contributed by atoms with Crippen LogP contribution in [0.3, 0.4) is 0 Å². The van der Waals surface area contributed by atoms with Crippen LogP contribution in [-0.4, -0.2) is 54.8 Å². The second-order valence-electron chi connectivity index (χ2n) is 7.48. The zero-order valence-corrected chi connectivity index (χ0v) is 22.9. The summed E-state index contributed by atoms with van der Waals surface area (Å²) < 4.78 is 63.3. The Morgan fingerprint density at radius 1 is 0.973 bits per heavy atom. The summed E-state index contributed by atoms with van der Waals surface area (Å²) in [6.07, 6.45) is 0.973. The molecule has 2 aromatic carbocycles. The fourth-order valence-corrected chi connectivity index (χ4v) is 6.91. The molecule has 1 heterocycles. The van der Waals surface area contributed by atoms with Crippen molar-refractivity contribution in [3.05, 3.63) is 70.7 Å². The minimum Gasteiger partial charge on any atom is -0.462 e. The van der Waals surface area contributed by atoms with Gasteiger partial charge in [0.05, 0.1) is 28.3 Å². The first-order chi connectivity index (χ1) is 17.4. The van der Waals surface area contributed by atoms with E-state index in [-0.39, 0.29) is 45.8 Å². The number of ether oxygens (including phenoxy) is 2. The summed E-state index contributed by atoms with van der Waals surface area (Å²) in [4.78, 5) is 25.3. The second-order valence-corrected chi connectivity index (χ2v) is 12.6. The number of rotatable bonds is 11. The van der Waals surface area contributed by atoms with Crippen molar-refractivity contribution in [1.82, 2.24) is 4.72 Å². The average Bonchev–Trinajstić information content (AvgIpc) is 3.19. The van der Waals surface area contributed by atoms with E-state index in [2.05, 4.69) is 9.44 Å². The van der Waals surface area contributed by atoms with E-state index in [0.29, 0.717) is 10.4 Å². The Bertz CT molecular complexity index is 1500. The Kier molecular flexibility index (Phi) is 9.31. The fourth-order valence-electron chi connectivity index (χ4n) is 3.12. The van der Waals surface area contributed by atoms with Crippen molar-refractivity contribution in [1.29, 1.82) is 0 Å². The summed E-state index contributed by atoms with van der Waals surface area (Å²) in [5.41, 5.74) is 0.602. The van der Waals surface area contributed by atoms with Crippen LogP contribution in [0, 0.1) is 0 Å². The van der Waals surface area contributed by atoms with Crippen molar-refractivity contribution in [2.24, 2.45) is 0 Å². The lowest BCUT2D eigenvalue weighted by Gasteiger charge is -2.09. The van der Waals surface area contributed by atoms with Gasteiger partial charge in [-0.3, -0.25) is 4.72 Å². The predicted molar refractivity (Wildman–Crippen MR) is 141 cm³/mol. The standard InChI is InChI=1S/C23H23ClN2O8S3/c1-3-33-22(28)18-19(24)20(15-8-5-4-6-9-15)35-23(18)37(31,32)25-12-13-34-21(27)16-10-7-11-17(14-16)26-36(2,29)30/h4-11,14,25-26H,3,12-13H2,1-2H3. The van der Waals surface area contributed by atoms with Crippen molar-refractivity contribution in [2.75, 3.05) is 30.7 Å². The van der Waals surface area contributed by atoms with Crippen LogP contribution in [0.1, 0.15) is 27.6 Å². The van der Waals surface area contributed by atoms with Crippen LogP contribution in [0.15, 0.2) is 58.8 Å². The minimum absolute atomic E-state index is 0.0233. The number of thiophene rings is 1. The zero-order valence-electron chi connectivity index (χ0n) is 19.7. The van der Waals surface area contributed by atoms with E-state index in [4.69, 9.17) is 21.1 Å². The number of sulfonamides is 2. The van der Waals surface area contributed by atoms with Crippen LogP contribution in [0.5, 0.6) is 0 Å². The molecular formula is C23H23ClN2O8S3. The summed E-state index contributed by atoms with van der Waals surface area (Å²) in [6.45, 7) is 0.981. The molecule has 0 fully saturated rings. The smallest absolute Gasteiger partial charge is 0.341 e.